The molecule has 3 heterocycles. The lowest BCUT2D eigenvalue weighted by molar-refractivity contribution is -0.137. The summed E-state index contributed by atoms with van der Waals surface area (Å²) in [7, 11) is 0. The summed E-state index contributed by atoms with van der Waals surface area (Å²) in [6.07, 6.45) is 0.903. The molecule has 23 heavy (non-hydrogen) atoms. The van der Waals surface area contributed by atoms with Crippen molar-refractivity contribution in [3.05, 3.63) is 45.1 Å². The van der Waals surface area contributed by atoms with E-state index in [1.165, 1.54) is 15.3 Å². The normalized spacial score (nSPS) is 14.0. The zero-order valence-corrected chi connectivity index (χ0v) is 13.7. The van der Waals surface area contributed by atoms with E-state index in [0.717, 1.165) is 13.0 Å². The van der Waals surface area contributed by atoms with Crippen molar-refractivity contribution in [3.63, 3.8) is 0 Å². The number of hydrogen-bond donors (Lipinski definition) is 0. The van der Waals surface area contributed by atoms with Crippen LogP contribution < -0.4 is 4.84 Å². The third-order valence-electron chi connectivity index (χ3n) is 3.85. The molecule has 0 unspecified atom stereocenters. The van der Waals surface area contributed by atoms with Crippen molar-refractivity contribution in [2.45, 2.75) is 13.0 Å². The summed E-state index contributed by atoms with van der Waals surface area (Å²) in [5.41, 5.74) is 2.54. The van der Waals surface area contributed by atoms with Gasteiger partial charge in [0.1, 0.15) is 11.0 Å². The topological polar surface area (TPSA) is 60.3 Å². The molecule has 1 aliphatic heterocycles. The van der Waals surface area contributed by atoms with Gasteiger partial charge >= 0.3 is 0 Å². The minimum Gasteiger partial charge on any atom is -0.385 e. The highest BCUT2D eigenvalue weighted by Gasteiger charge is 2.22. The van der Waals surface area contributed by atoms with Crippen LogP contribution in [0.1, 0.15) is 10.4 Å². The fraction of sp³-hybridized carbons (Fsp3) is 0.267. The standard InChI is InChI=1S/C15H13ClN4O2S/c16-11-1-2-12-13(7-11)20(18-17-12)22-9-15(21)19-5-3-14-10(8-19)4-6-23-14/h1-2,4,6-7H,3,5,8-9H2. The van der Waals surface area contributed by atoms with E-state index < -0.39 is 0 Å². The van der Waals surface area contributed by atoms with Gasteiger partial charge in [-0.05, 0) is 46.8 Å². The third-order valence-corrected chi connectivity index (χ3v) is 5.11. The predicted octanol–water partition coefficient (Wildman–Crippen LogP) is 2.16. The van der Waals surface area contributed by atoms with Crippen molar-refractivity contribution in [3.8, 4) is 0 Å². The van der Waals surface area contributed by atoms with Crippen LogP contribution in [-0.4, -0.2) is 39.1 Å². The lowest BCUT2D eigenvalue weighted by atomic mass is 10.1. The molecule has 0 bridgehead atoms. The smallest absolute Gasteiger partial charge is 0.263 e. The van der Waals surface area contributed by atoms with E-state index in [2.05, 4.69) is 21.8 Å². The molecule has 0 saturated carbocycles. The van der Waals surface area contributed by atoms with E-state index in [4.69, 9.17) is 16.4 Å². The monoisotopic (exact) mass is 348 g/mol. The van der Waals surface area contributed by atoms with E-state index in [9.17, 15) is 4.79 Å². The van der Waals surface area contributed by atoms with Crippen molar-refractivity contribution in [1.82, 2.24) is 20.1 Å². The number of carbonyl (C=O) groups excluding carboxylic acids is 1. The fourth-order valence-electron chi connectivity index (χ4n) is 2.64. The largest absolute Gasteiger partial charge is 0.385 e. The van der Waals surface area contributed by atoms with E-state index in [1.54, 1.807) is 34.4 Å². The van der Waals surface area contributed by atoms with Gasteiger partial charge in [-0.3, -0.25) is 4.79 Å². The minimum atomic E-state index is -0.0789. The van der Waals surface area contributed by atoms with Gasteiger partial charge in [0.2, 0.25) is 0 Å². The second-order valence-corrected chi connectivity index (χ2v) is 6.74. The zero-order valence-electron chi connectivity index (χ0n) is 12.1. The summed E-state index contributed by atoms with van der Waals surface area (Å²) < 4.78 is 0. The van der Waals surface area contributed by atoms with Crippen LogP contribution in [0.2, 0.25) is 5.02 Å². The van der Waals surface area contributed by atoms with Crippen LogP contribution in [-0.2, 0) is 17.8 Å². The summed E-state index contributed by atoms with van der Waals surface area (Å²) >= 11 is 7.72. The summed E-state index contributed by atoms with van der Waals surface area (Å²) in [5.74, 6) is -0.0625. The van der Waals surface area contributed by atoms with Gasteiger partial charge in [0.25, 0.3) is 5.91 Å². The molecule has 3 aromatic rings. The molecule has 0 saturated heterocycles. The summed E-state index contributed by atoms with van der Waals surface area (Å²) in [6.45, 7) is 1.29. The number of thiophene rings is 1. The van der Waals surface area contributed by atoms with Crippen molar-refractivity contribution in [2.24, 2.45) is 0 Å². The van der Waals surface area contributed by atoms with E-state index in [0.29, 0.717) is 22.6 Å². The third kappa shape index (κ3) is 2.77. The number of aromatic nitrogens is 3. The Balaban J connectivity index is 1.44. The second-order valence-electron chi connectivity index (χ2n) is 5.30. The molecule has 4 rings (SSSR count). The lowest BCUT2D eigenvalue weighted by Gasteiger charge is -2.26. The van der Waals surface area contributed by atoms with Crippen molar-refractivity contribution < 1.29 is 9.63 Å². The quantitative estimate of drug-likeness (QED) is 0.727. The highest BCUT2D eigenvalue weighted by atomic mass is 35.5. The van der Waals surface area contributed by atoms with Gasteiger partial charge in [0.05, 0.1) is 0 Å². The lowest BCUT2D eigenvalue weighted by Crippen LogP contribution is -2.39. The van der Waals surface area contributed by atoms with Crippen LogP contribution in [0.15, 0.2) is 29.6 Å². The maximum Gasteiger partial charge on any atom is 0.263 e. The van der Waals surface area contributed by atoms with Crippen molar-refractivity contribution in [1.29, 1.82) is 0 Å². The number of amides is 1. The van der Waals surface area contributed by atoms with Gasteiger partial charge in [-0.15, -0.1) is 16.4 Å². The van der Waals surface area contributed by atoms with E-state index >= 15 is 0 Å². The van der Waals surface area contributed by atoms with Crippen LogP contribution in [0.5, 0.6) is 0 Å². The van der Waals surface area contributed by atoms with E-state index in [-0.39, 0.29) is 12.5 Å². The molecule has 6 nitrogen and oxygen atoms in total. The average molecular weight is 349 g/mol. The molecule has 0 N–H and O–H groups in total. The first-order chi connectivity index (χ1) is 11.2. The Morgan fingerprint density at radius 3 is 3.22 bits per heavy atom. The Kier molecular flexibility index (Phi) is 3.66. The second kappa shape index (κ2) is 5.82. The number of halogens is 1. The molecule has 0 aliphatic carbocycles. The number of rotatable bonds is 3. The Labute approximate surface area is 141 Å². The maximum atomic E-state index is 12.3. The Morgan fingerprint density at radius 1 is 1.39 bits per heavy atom. The van der Waals surface area contributed by atoms with Crippen molar-refractivity contribution in [2.75, 3.05) is 13.2 Å². The summed E-state index contributed by atoms with van der Waals surface area (Å²) in [5, 5.41) is 10.5. The predicted molar refractivity (Wildman–Crippen MR) is 87.4 cm³/mol. The summed E-state index contributed by atoms with van der Waals surface area (Å²) in [6, 6.07) is 7.28. The van der Waals surface area contributed by atoms with Gasteiger partial charge in [-0.1, -0.05) is 16.4 Å². The SMILES string of the molecule is O=C(COn1nnc2ccc(Cl)cc21)N1CCc2sccc2C1. The molecule has 2 aromatic heterocycles. The van der Waals surface area contributed by atoms with Gasteiger partial charge in [-0.25, -0.2) is 0 Å². The molecule has 1 aromatic carbocycles. The molecule has 0 radical (unpaired) electrons. The van der Waals surface area contributed by atoms with Gasteiger partial charge in [0.15, 0.2) is 6.61 Å². The first-order valence-corrected chi connectivity index (χ1v) is 8.44. The molecular formula is C15H13ClN4O2S. The molecule has 1 amide bonds. The highest BCUT2D eigenvalue weighted by Crippen LogP contribution is 2.24. The number of nitrogens with zero attached hydrogens (tertiary/aromatic N) is 4. The number of fused-ring (bicyclic) bond motifs is 2. The Bertz CT molecular complexity index is 875. The van der Waals surface area contributed by atoms with Crippen LogP contribution in [0, 0.1) is 0 Å². The van der Waals surface area contributed by atoms with Crippen LogP contribution in [0.4, 0.5) is 0 Å². The van der Waals surface area contributed by atoms with Gasteiger partial charge < -0.3 is 9.74 Å². The van der Waals surface area contributed by atoms with Crippen LogP contribution >= 0.6 is 22.9 Å². The van der Waals surface area contributed by atoms with Crippen LogP contribution in [0.25, 0.3) is 11.0 Å². The van der Waals surface area contributed by atoms with E-state index in [1.807, 2.05) is 0 Å². The molecular weight excluding hydrogens is 336 g/mol. The zero-order chi connectivity index (χ0) is 15.8. The molecule has 0 spiro atoms. The molecule has 1 aliphatic rings. The summed E-state index contributed by atoms with van der Waals surface area (Å²) in [4.78, 5) is 22.3. The Morgan fingerprint density at radius 2 is 2.30 bits per heavy atom. The van der Waals surface area contributed by atoms with Gasteiger partial charge in [0, 0.05) is 23.0 Å². The molecule has 8 heteroatoms. The van der Waals surface area contributed by atoms with Crippen LogP contribution in [0.3, 0.4) is 0 Å². The first-order valence-electron chi connectivity index (χ1n) is 7.18. The molecule has 118 valence electrons. The number of hydrogen-bond acceptors (Lipinski definition) is 5. The van der Waals surface area contributed by atoms with Crippen molar-refractivity contribution >= 4 is 39.9 Å². The molecule has 0 fully saturated rings. The van der Waals surface area contributed by atoms with Gasteiger partial charge in [-0.2, -0.15) is 0 Å². The number of benzene rings is 1. The Hall–Kier alpha value is -2.12. The first kappa shape index (κ1) is 14.5. The maximum absolute atomic E-state index is 12.3. The highest BCUT2D eigenvalue weighted by molar-refractivity contribution is 7.10. The molecule has 0 atom stereocenters. The average Bonchev–Trinajstić information content (AvgIpc) is 3.18. The number of carbonyl (C=O) groups is 1. The minimum absolute atomic E-state index is 0.0625. The fourth-order valence-corrected chi connectivity index (χ4v) is 3.69.